The maximum Gasteiger partial charge on any atom is 0.303 e. The third-order valence-corrected chi connectivity index (χ3v) is 17.9. The lowest BCUT2D eigenvalue weighted by atomic mass is 9.79. The van der Waals surface area contributed by atoms with Crippen LogP contribution >= 0.6 is 0 Å². The zero-order valence-electron chi connectivity index (χ0n) is 30.2. The summed E-state index contributed by atoms with van der Waals surface area (Å²) in [5.41, 5.74) is 0. The molecule has 0 amide bonds. The number of rotatable bonds is 10. The fraction of sp³-hybridized carbons (Fsp3) is 0.839. The Morgan fingerprint density at radius 2 is 0.717 bits per heavy atom. The number of hydrogen-bond acceptors (Lipinski definition) is 13. The summed E-state index contributed by atoms with van der Waals surface area (Å²) < 4.78 is 42.8. The Kier molecular flexibility index (Phi) is 14.2. The van der Waals surface area contributed by atoms with Crippen molar-refractivity contribution < 1.29 is 61.6 Å². The molecular weight excluding hydrogens is 637 g/mol. The van der Waals surface area contributed by atoms with Gasteiger partial charge in [0.1, 0.15) is 12.2 Å². The highest BCUT2D eigenvalue weighted by Gasteiger charge is 2.60. The molecule has 0 unspecified atom stereocenters. The summed E-state index contributed by atoms with van der Waals surface area (Å²) in [4.78, 5) is 63.2. The first kappa shape index (κ1) is 41.7. The number of carbonyl (C=O) groups excluding carboxylic acids is 5. The molecule has 0 bridgehead atoms. The van der Waals surface area contributed by atoms with Gasteiger partial charge in [-0.25, -0.2) is 0 Å². The number of aliphatic hydroxyl groups is 1. The average molecular weight is 693 g/mol. The van der Waals surface area contributed by atoms with Crippen molar-refractivity contribution in [2.45, 2.75) is 155 Å². The summed E-state index contributed by atoms with van der Waals surface area (Å²) >= 11 is 0. The molecule has 0 saturated heterocycles. The van der Waals surface area contributed by atoms with E-state index in [9.17, 15) is 29.1 Å². The molecular formula is C31H56O13Si2. The Morgan fingerprint density at radius 1 is 0.478 bits per heavy atom. The largest absolute Gasteiger partial charge is 0.458 e. The van der Waals surface area contributed by atoms with E-state index in [-0.39, 0.29) is 5.04 Å². The number of carbonyl (C=O) groups is 5. The molecule has 0 aromatic heterocycles. The van der Waals surface area contributed by atoms with E-state index in [4.69, 9.17) is 32.5 Å². The predicted octanol–water partition coefficient (Wildman–Crippen LogP) is 4.05. The van der Waals surface area contributed by atoms with Crippen LogP contribution in [0.3, 0.4) is 0 Å². The van der Waals surface area contributed by atoms with Gasteiger partial charge in [-0.2, -0.15) is 0 Å². The van der Waals surface area contributed by atoms with E-state index in [0.717, 1.165) is 34.6 Å². The van der Waals surface area contributed by atoms with Crippen LogP contribution in [0.2, 0.25) is 36.3 Å². The first-order chi connectivity index (χ1) is 20.7. The number of esters is 5. The van der Waals surface area contributed by atoms with Crippen molar-refractivity contribution >= 4 is 46.5 Å². The van der Waals surface area contributed by atoms with Gasteiger partial charge >= 0.3 is 29.8 Å². The van der Waals surface area contributed by atoms with E-state index < -0.39 is 107 Å². The lowest BCUT2D eigenvalue weighted by molar-refractivity contribution is -0.241. The monoisotopic (exact) mass is 692 g/mol. The zero-order valence-corrected chi connectivity index (χ0v) is 32.2. The van der Waals surface area contributed by atoms with Gasteiger partial charge in [0.2, 0.25) is 0 Å². The number of aliphatic hydroxyl groups excluding tert-OH is 1. The standard InChI is InChI=1S/C31H56O13Si2/c1-17(33)38-23-22(16-32)24(43-45(12,13)30(6,7)8)29(44-46(14,15)31(9,10)11)28(42-21(5)37)27(41-20(4)36)26(40-19(3)35)25(23)39-18(2)34/h22-29,32H,16H2,1-15H3/t22-,23-,24+,25-,26-,27-,28-,29-/m0/s1. The van der Waals surface area contributed by atoms with E-state index in [1.807, 2.05) is 67.7 Å². The first-order valence-corrected chi connectivity index (χ1v) is 21.3. The van der Waals surface area contributed by atoms with Crippen molar-refractivity contribution in [3.63, 3.8) is 0 Å². The van der Waals surface area contributed by atoms with E-state index in [1.165, 1.54) is 0 Å². The highest BCUT2D eigenvalue weighted by molar-refractivity contribution is 6.74. The quantitative estimate of drug-likeness (QED) is 0.198. The Balaban J connectivity index is 4.49. The molecule has 0 aromatic carbocycles. The van der Waals surface area contributed by atoms with Crippen LogP contribution in [0.1, 0.15) is 76.2 Å². The zero-order chi connectivity index (χ0) is 36.2. The van der Waals surface area contributed by atoms with Crippen LogP contribution in [-0.2, 0) is 56.5 Å². The molecule has 1 aliphatic rings. The molecule has 46 heavy (non-hydrogen) atoms. The molecule has 13 nitrogen and oxygen atoms in total. The lowest BCUT2D eigenvalue weighted by Gasteiger charge is -2.52. The van der Waals surface area contributed by atoms with Crippen LogP contribution in [0.25, 0.3) is 0 Å². The Morgan fingerprint density at radius 3 is 0.978 bits per heavy atom. The van der Waals surface area contributed by atoms with Gasteiger partial charge in [0, 0.05) is 34.6 Å². The Hall–Kier alpha value is -2.34. The van der Waals surface area contributed by atoms with E-state index in [1.54, 1.807) is 0 Å². The molecule has 1 saturated carbocycles. The molecule has 1 aliphatic carbocycles. The maximum atomic E-state index is 12.8. The highest BCUT2D eigenvalue weighted by Crippen LogP contribution is 2.45. The smallest absolute Gasteiger partial charge is 0.303 e. The van der Waals surface area contributed by atoms with E-state index in [2.05, 4.69) is 0 Å². The molecule has 0 spiro atoms. The average Bonchev–Trinajstić information content (AvgIpc) is 2.83. The molecule has 15 heteroatoms. The summed E-state index contributed by atoms with van der Waals surface area (Å²) in [5, 5.41) is 10.3. The van der Waals surface area contributed by atoms with Crippen molar-refractivity contribution in [3.8, 4) is 0 Å². The maximum absolute atomic E-state index is 12.8. The summed E-state index contributed by atoms with van der Waals surface area (Å²) in [6.45, 7) is 24.8. The van der Waals surface area contributed by atoms with Crippen LogP contribution in [0, 0.1) is 5.92 Å². The molecule has 0 aromatic rings. The normalized spacial score (nSPS) is 27.8. The predicted molar refractivity (Wildman–Crippen MR) is 172 cm³/mol. The molecule has 1 fully saturated rings. The van der Waals surface area contributed by atoms with Gasteiger partial charge in [0.25, 0.3) is 0 Å². The second-order valence-electron chi connectivity index (χ2n) is 14.9. The fourth-order valence-electron chi connectivity index (χ4n) is 4.79. The number of hydrogen-bond donors (Lipinski definition) is 1. The molecule has 8 atom stereocenters. The summed E-state index contributed by atoms with van der Waals surface area (Å²) in [7, 11) is -5.63. The minimum Gasteiger partial charge on any atom is -0.458 e. The van der Waals surface area contributed by atoms with Crippen molar-refractivity contribution in [3.05, 3.63) is 0 Å². The van der Waals surface area contributed by atoms with Crippen LogP contribution < -0.4 is 0 Å². The second kappa shape index (κ2) is 15.7. The Bertz CT molecular complexity index is 1110. The topological polar surface area (TPSA) is 170 Å². The fourth-order valence-corrected chi connectivity index (χ4v) is 7.43. The van der Waals surface area contributed by atoms with Crippen LogP contribution in [0.4, 0.5) is 0 Å². The van der Waals surface area contributed by atoms with Gasteiger partial charge in [0.05, 0.1) is 18.6 Å². The van der Waals surface area contributed by atoms with Crippen molar-refractivity contribution in [2.24, 2.45) is 5.92 Å². The second-order valence-corrected chi connectivity index (χ2v) is 24.4. The minimum atomic E-state index is -2.83. The van der Waals surface area contributed by atoms with Crippen molar-refractivity contribution in [1.29, 1.82) is 0 Å². The van der Waals surface area contributed by atoms with Crippen LogP contribution in [0.5, 0.6) is 0 Å². The van der Waals surface area contributed by atoms with Gasteiger partial charge in [0.15, 0.2) is 41.1 Å². The third kappa shape index (κ3) is 10.9. The Labute approximate surface area is 275 Å². The van der Waals surface area contributed by atoms with Crippen LogP contribution in [-0.4, -0.2) is 101 Å². The van der Waals surface area contributed by atoms with E-state index in [0.29, 0.717) is 0 Å². The van der Waals surface area contributed by atoms with Crippen molar-refractivity contribution in [2.75, 3.05) is 6.61 Å². The highest BCUT2D eigenvalue weighted by atomic mass is 28.4. The van der Waals surface area contributed by atoms with Crippen molar-refractivity contribution in [1.82, 2.24) is 0 Å². The summed E-state index contributed by atoms with van der Waals surface area (Å²) in [6, 6.07) is 0. The minimum absolute atomic E-state index is 0.379. The molecule has 0 heterocycles. The van der Waals surface area contributed by atoms with Gasteiger partial charge in [-0.15, -0.1) is 0 Å². The summed E-state index contributed by atoms with van der Waals surface area (Å²) in [6.07, 6.45) is -10.4. The van der Waals surface area contributed by atoms with Gasteiger partial charge < -0.3 is 37.6 Å². The molecule has 0 aliphatic heterocycles. The third-order valence-electron chi connectivity index (χ3n) is 8.98. The van der Waals surface area contributed by atoms with Crippen LogP contribution in [0.15, 0.2) is 0 Å². The van der Waals surface area contributed by atoms with Gasteiger partial charge in [-0.3, -0.25) is 24.0 Å². The molecule has 0 radical (unpaired) electrons. The SMILES string of the molecule is CC(=O)O[C@H]1[C@@H](OC(C)=O)[C@@H](OC(C)=O)[C@@H](OC(C)=O)[C@H](CO)[C@@H](O[Si](C)(C)C(C)(C)C)[C@H](O[Si](C)(C)C(C)(C)C)[C@H]1OC(C)=O. The first-order valence-electron chi connectivity index (χ1n) is 15.5. The number of ether oxygens (including phenoxy) is 5. The molecule has 266 valence electrons. The van der Waals surface area contributed by atoms with Gasteiger partial charge in [-0.05, 0) is 36.3 Å². The summed E-state index contributed by atoms with van der Waals surface area (Å²) in [5.74, 6) is -5.29. The molecule has 1 rings (SSSR count). The lowest BCUT2D eigenvalue weighted by Crippen LogP contribution is -2.69. The molecule has 1 N–H and O–H groups in total. The van der Waals surface area contributed by atoms with Gasteiger partial charge in [-0.1, -0.05) is 41.5 Å². The van der Waals surface area contributed by atoms with E-state index >= 15 is 0 Å².